The lowest BCUT2D eigenvalue weighted by Gasteiger charge is -2.12. The fourth-order valence-electron chi connectivity index (χ4n) is 2.40. The van der Waals surface area contributed by atoms with Crippen molar-refractivity contribution in [2.75, 3.05) is 26.6 Å². The van der Waals surface area contributed by atoms with Crippen molar-refractivity contribution in [2.24, 2.45) is 0 Å². The molecule has 0 saturated heterocycles. The van der Waals surface area contributed by atoms with Crippen molar-refractivity contribution >= 4 is 35.0 Å². The maximum Gasteiger partial charge on any atom is 0.289 e. The van der Waals surface area contributed by atoms with Crippen LogP contribution in [0.3, 0.4) is 0 Å². The molecule has 0 bridgehead atoms. The van der Waals surface area contributed by atoms with Crippen molar-refractivity contribution in [3.8, 4) is 23.3 Å². The van der Waals surface area contributed by atoms with Crippen molar-refractivity contribution < 1.29 is 23.9 Å². The second kappa shape index (κ2) is 9.43. The largest absolute Gasteiger partial charge is 0.496 e. The van der Waals surface area contributed by atoms with Crippen molar-refractivity contribution in [3.63, 3.8) is 0 Å². The van der Waals surface area contributed by atoms with Gasteiger partial charge in [-0.05, 0) is 24.3 Å². The van der Waals surface area contributed by atoms with Gasteiger partial charge in [0.15, 0.2) is 11.5 Å². The summed E-state index contributed by atoms with van der Waals surface area (Å²) in [5, 5.41) is 22.8. The van der Waals surface area contributed by atoms with Gasteiger partial charge in [0.25, 0.3) is 11.6 Å². The molecule has 9 nitrogen and oxygen atoms in total. The second-order valence-corrected chi connectivity index (χ2v) is 5.90. The first-order chi connectivity index (χ1) is 13.8. The van der Waals surface area contributed by atoms with Crippen molar-refractivity contribution in [1.82, 2.24) is 0 Å². The number of carbonyl (C=O) groups is 1. The maximum atomic E-state index is 12.5. The third-order valence-electron chi connectivity index (χ3n) is 3.80. The average Bonchev–Trinajstić information content (AvgIpc) is 2.72. The molecule has 0 aliphatic rings. The zero-order valence-electron chi connectivity index (χ0n) is 15.7. The van der Waals surface area contributed by atoms with Gasteiger partial charge in [-0.15, -0.1) is 0 Å². The highest BCUT2D eigenvalue weighted by Gasteiger charge is 2.17. The summed E-state index contributed by atoms with van der Waals surface area (Å²) in [5.74, 6) is 0.384. The lowest BCUT2D eigenvalue weighted by molar-refractivity contribution is -0.384. The van der Waals surface area contributed by atoms with E-state index in [2.05, 4.69) is 5.32 Å². The van der Waals surface area contributed by atoms with Crippen LogP contribution in [0.15, 0.2) is 35.9 Å². The van der Waals surface area contributed by atoms with E-state index in [9.17, 15) is 20.2 Å². The van der Waals surface area contributed by atoms with Crippen LogP contribution in [-0.4, -0.2) is 32.2 Å². The summed E-state index contributed by atoms with van der Waals surface area (Å²) in [6.45, 7) is 0. The molecule has 10 heteroatoms. The summed E-state index contributed by atoms with van der Waals surface area (Å²) in [4.78, 5) is 22.8. The Morgan fingerprint density at radius 3 is 2.31 bits per heavy atom. The van der Waals surface area contributed by atoms with Crippen molar-refractivity contribution in [3.05, 3.63) is 56.6 Å². The Hall–Kier alpha value is -3.77. The molecule has 0 aliphatic heterocycles. The van der Waals surface area contributed by atoms with E-state index < -0.39 is 10.8 Å². The van der Waals surface area contributed by atoms with Crippen LogP contribution in [0, 0.1) is 21.4 Å². The van der Waals surface area contributed by atoms with Crippen LogP contribution in [0.25, 0.3) is 6.08 Å². The topological polar surface area (TPSA) is 124 Å². The van der Waals surface area contributed by atoms with E-state index >= 15 is 0 Å². The molecule has 1 N–H and O–H groups in total. The van der Waals surface area contributed by atoms with Gasteiger partial charge in [0, 0.05) is 23.4 Å². The third-order valence-corrected chi connectivity index (χ3v) is 4.12. The van der Waals surface area contributed by atoms with E-state index in [4.69, 9.17) is 25.8 Å². The minimum absolute atomic E-state index is 0.0703. The number of benzene rings is 2. The molecule has 0 saturated carbocycles. The normalized spacial score (nSPS) is 10.7. The molecule has 0 aliphatic carbocycles. The van der Waals surface area contributed by atoms with Gasteiger partial charge in [0.05, 0.1) is 26.3 Å². The van der Waals surface area contributed by atoms with Crippen LogP contribution in [0.2, 0.25) is 5.02 Å². The third kappa shape index (κ3) is 4.94. The molecule has 0 radical (unpaired) electrons. The van der Waals surface area contributed by atoms with Crippen LogP contribution in [0.1, 0.15) is 5.56 Å². The molecule has 2 aromatic rings. The van der Waals surface area contributed by atoms with Crippen LogP contribution in [0.5, 0.6) is 17.2 Å². The zero-order valence-corrected chi connectivity index (χ0v) is 16.4. The maximum absolute atomic E-state index is 12.5. The van der Waals surface area contributed by atoms with Crippen molar-refractivity contribution in [2.45, 2.75) is 0 Å². The number of halogens is 1. The summed E-state index contributed by atoms with van der Waals surface area (Å²) < 4.78 is 15.7. The summed E-state index contributed by atoms with van der Waals surface area (Å²) in [7, 11) is 4.34. The quantitative estimate of drug-likeness (QED) is 0.314. The highest BCUT2D eigenvalue weighted by molar-refractivity contribution is 6.32. The summed E-state index contributed by atoms with van der Waals surface area (Å²) >= 11 is 5.76. The number of nitrogens with zero attached hydrogens (tertiary/aromatic N) is 2. The van der Waals surface area contributed by atoms with Gasteiger partial charge < -0.3 is 19.5 Å². The number of ether oxygens (including phenoxy) is 3. The van der Waals surface area contributed by atoms with Crippen LogP contribution < -0.4 is 19.5 Å². The monoisotopic (exact) mass is 417 g/mol. The van der Waals surface area contributed by atoms with E-state index in [1.165, 1.54) is 39.5 Å². The van der Waals surface area contributed by atoms with Gasteiger partial charge in [-0.25, -0.2) is 0 Å². The Bertz CT molecular complexity index is 1030. The minimum Gasteiger partial charge on any atom is -0.496 e. The Morgan fingerprint density at radius 2 is 1.76 bits per heavy atom. The molecule has 29 heavy (non-hydrogen) atoms. The molecule has 150 valence electrons. The fourth-order valence-corrected chi connectivity index (χ4v) is 2.59. The molecular weight excluding hydrogens is 402 g/mol. The number of anilines is 1. The van der Waals surface area contributed by atoms with Gasteiger partial charge >= 0.3 is 0 Å². The van der Waals surface area contributed by atoms with Gasteiger partial charge in [0.2, 0.25) is 0 Å². The number of nitriles is 1. The second-order valence-electron chi connectivity index (χ2n) is 5.50. The number of nitro groups is 1. The zero-order chi connectivity index (χ0) is 21.6. The van der Waals surface area contributed by atoms with Crippen LogP contribution in [-0.2, 0) is 4.79 Å². The molecule has 0 aromatic heterocycles. The van der Waals surface area contributed by atoms with Crippen LogP contribution in [0.4, 0.5) is 11.4 Å². The number of hydrogen-bond donors (Lipinski definition) is 1. The molecule has 0 heterocycles. The van der Waals surface area contributed by atoms with Gasteiger partial charge in [-0.1, -0.05) is 11.6 Å². The van der Waals surface area contributed by atoms with Gasteiger partial charge in [-0.2, -0.15) is 5.26 Å². The molecule has 2 aromatic carbocycles. The van der Waals surface area contributed by atoms with E-state index in [0.717, 1.165) is 6.07 Å². The SMILES string of the molecule is COc1cc(OC)c(OC)cc1/C=C(\C#N)C(=O)Nc1ccc(Cl)c([N+](=O)[O-])c1. The van der Waals surface area contributed by atoms with E-state index in [1.54, 1.807) is 18.2 Å². The Kier molecular flexibility index (Phi) is 7.00. The Morgan fingerprint density at radius 1 is 1.14 bits per heavy atom. The van der Waals surface area contributed by atoms with Crippen molar-refractivity contribution in [1.29, 1.82) is 5.26 Å². The molecule has 1 amide bonds. The molecule has 0 spiro atoms. The molecular formula is C19H16ClN3O6. The lowest BCUT2D eigenvalue weighted by Crippen LogP contribution is -2.13. The highest BCUT2D eigenvalue weighted by Crippen LogP contribution is 2.35. The predicted octanol–water partition coefficient (Wildman–Crippen LogP) is 3.82. The minimum atomic E-state index is -0.763. The predicted molar refractivity (Wildman–Crippen MR) is 106 cm³/mol. The lowest BCUT2D eigenvalue weighted by atomic mass is 10.1. The standard InChI is InChI=1S/C19H16ClN3O6/c1-27-16-9-18(29-3)17(28-2)7-11(16)6-12(10-21)19(24)22-13-4-5-14(20)15(8-13)23(25)26/h4-9H,1-3H3,(H,22,24)/b12-6+. The number of hydrogen-bond acceptors (Lipinski definition) is 7. The van der Waals surface area contributed by atoms with E-state index in [0.29, 0.717) is 22.8 Å². The number of amides is 1. The summed E-state index contributed by atoms with van der Waals surface area (Å²) in [6.07, 6.45) is 1.31. The Balaban J connectivity index is 2.40. The van der Waals surface area contributed by atoms with E-state index in [-0.39, 0.29) is 22.0 Å². The number of nitro benzene ring substituents is 1. The highest BCUT2D eigenvalue weighted by atomic mass is 35.5. The number of carbonyl (C=O) groups excluding carboxylic acids is 1. The summed E-state index contributed by atoms with van der Waals surface area (Å²) in [6, 6.07) is 8.68. The summed E-state index contributed by atoms with van der Waals surface area (Å²) in [5.41, 5.74) is -0.105. The van der Waals surface area contributed by atoms with Gasteiger partial charge in [-0.3, -0.25) is 14.9 Å². The molecule has 0 atom stereocenters. The first-order valence-electron chi connectivity index (χ1n) is 8.01. The molecule has 0 fully saturated rings. The fraction of sp³-hybridized carbons (Fsp3) is 0.158. The number of methoxy groups -OCH3 is 3. The number of rotatable bonds is 7. The molecule has 0 unspecified atom stereocenters. The first kappa shape index (κ1) is 21.5. The Labute approximate surface area is 171 Å². The first-order valence-corrected chi connectivity index (χ1v) is 8.39. The average molecular weight is 418 g/mol. The smallest absolute Gasteiger partial charge is 0.289 e. The number of nitrogens with one attached hydrogen (secondary N) is 1. The van der Waals surface area contributed by atoms with E-state index in [1.807, 2.05) is 0 Å². The van der Waals surface area contributed by atoms with Crippen LogP contribution >= 0.6 is 11.6 Å². The molecule has 2 rings (SSSR count). The van der Waals surface area contributed by atoms with Gasteiger partial charge in [0.1, 0.15) is 22.4 Å².